The van der Waals surface area contributed by atoms with Crippen LogP contribution in [0.3, 0.4) is 0 Å². The number of hydrogen-bond acceptors (Lipinski definition) is 4. The van der Waals surface area contributed by atoms with Crippen LogP contribution in [0.4, 0.5) is 0 Å². The summed E-state index contributed by atoms with van der Waals surface area (Å²) >= 11 is 0. The van der Waals surface area contributed by atoms with Crippen molar-refractivity contribution in [3.05, 3.63) is 0 Å². The normalized spacial score (nSPS) is 36.6. The van der Waals surface area contributed by atoms with Crippen LogP contribution in [0.15, 0.2) is 0 Å². The van der Waals surface area contributed by atoms with Gasteiger partial charge in [-0.3, -0.25) is 19.6 Å². The van der Waals surface area contributed by atoms with Crippen LogP contribution in [-0.2, 0) is 0 Å². The Morgan fingerprint density at radius 2 is 0.212 bits per heavy atom. The molecule has 4 nitrogen and oxygen atoms in total. The fourth-order valence-corrected chi connectivity index (χ4v) is 33.1. The SMILES string of the molecule is C1CCCCC(N(C2CCCCCCCC2)C2CCCCC3C(CC2)C2CCC(N(C4CCCCCCCC4)C4CCCCCCCC4)CCCC2C32C3CCCCC(N(C4CCCCCCCC4)C4CCCCCCC4)CCCC3C3CCCC(N(C4CCCCCCCC4)C4CCCCCCCC4)CCCC32)CCCC1. The molecular formula is C109H196N4. The van der Waals surface area contributed by atoms with Gasteiger partial charge in [0.15, 0.2) is 0 Å². The summed E-state index contributed by atoms with van der Waals surface area (Å²) in [5.41, 5.74) is 0.566. The summed E-state index contributed by atoms with van der Waals surface area (Å²) in [6, 6.07) is 10.2. The third-order valence-electron chi connectivity index (χ3n) is 37.9. The maximum absolute atomic E-state index is 3.57. The first kappa shape index (κ1) is 89.1. The maximum Gasteiger partial charge on any atom is 0.0101 e. The second kappa shape index (κ2) is 50.0. The van der Waals surface area contributed by atoms with Crippen molar-refractivity contribution in [1.29, 1.82) is 0 Å². The Kier molecular flexibility index (Phi) is 39.4. The summed E-state index contributed by atoms with van der Waals surface area (Å²) in [7, 11) is 0. The van der Waals surface area contributed by atoms with Gasteiger partial charge in [-0.1, -0.05) is 360 Å². The van der Waals surface area contributed by atoms with Crippen molar-refractivity contribution < 1.29 is 0 Å². The third kappa shape index (κ3) is 25.1. The van der Waals surface area contributed by atoms with Crippen LogP contribution in [0.2, 0.25) is 0 Å². The lowest BCUT2D eigenvalue weighted by Crippen LogP contribution is -2.51. The molecule has 0 saturated heterocycles. The van der Waals surface area contributed by atoms with Crippen molar-refractivity contribution in [2.24, 2.45) is 52.8 Å². The van der Waals surface area contributed by atoms with E-state index in [1.165, 1.54) is 411 Å². The van der Waals surface area contributed by atoms with E-state index in [-0.39, 0.29) is 0 Å². The van der Waals surface area contributed by atoms with Gasteiger partial charge in [-0.05, 0) is 258 Å². The lowest BCUT2D eigenvalue weighted by molar-refractivity contribution is -0.0289. The number of nitrogens with zero attached hydrogens (tertiary/aromatic N) is 4. The molecule has 652 valence electrons. The van der Waals surface area contributed by atoms with Crippen molar-refractivity contribution in [3.8, 4) is 0 Å². The average molecular weight is 1560 g/mol. The molecule has 13 unspecified atom stereocenters. The van der Waals surface area contributed by atoms with Crippen LogP contribution < -0.4 is 0 Å². The van der Waals surface area contributed by atoms with Gasteiger partial charge < -0.3 is 0 Å². The molecule has 0 aliphatic heterocycles. The van der Waals surface area contributed by atoms with Crippen LogP contribution in [0.5, 0.6) is 0 Å². The lowest BCUT2D eigenvalue weighted by atomic mass is 9.54. The summed E-state index contributed by atoms with van der Waals surface area (Å²) in [6.45, 7) is 0. The Hall–Kier alpha value is -0.160. The van der Waals surface area contributed by atoms with Crippen LogP contribution in [-0.4, -0.2) is 92.1 Å². The zero-order valence-electron chi connectivity index (χ0n) is 76.1. The van der Waals surface area contributed by atoms with Crippen molar-refractivity contribution in [2.45, 2.75) is 638 Å². The first-order valence-electron chi connectivity index (χ1n) is 55.3. The molecule has 0 aromatic heterocycles. The van der Waals surface area contributed by atoms with Gasteiger partial charge in [0.25, 0.3) is 0 Å². The van der Waals surface area contributed by atoms with E-state index in [9.17, 15) is 0 Å². The van der Waals surface area contributed by atoms with Gasteiger partial charge in [-0.15, -0.1) is 0 Å². The van der Waals surface area contributed by atoms with Crippen molar-refractivity contribution in [2.75, 3.05) is 0 Å². The third-order valence-corrected chi connectivity index (χ3v) is 37.9. The summed E-state index contributed by atoms with van der Waals surface area (Å²) < 4.78 is 0. The molecule has 113 heavy (non-hydrogen) atoms. The molecule has 0 bridgehead atoms. The van der Waals surface area contributed by atoms with Crippen molar-refractivity contribution in [1.82, 2.24) is 19.6 Å². The van der Waals surface area contributed by atoms with E-state index in [1.54, 1.807) is 154 Å². The number of fused-ring (bicyclic) bond motifs is 10. The summed E-state index contributed by atoms with van der Waals surface area (Å²) in [5.74, 6) is 7.89. The first-order valence-corrected chi connectivity index (χ1v) is 55.3. The van der Waals surface area contributed by atoms with Gasteiger partial charge in [0.2, 0.25) is 0 Å². The van der Waals surface area contributed by atoms with Crippen LogP contribution in [0.25, 0.3) is 0 Å². The van der Waals surface area contributed by atoms with E-state index in [2.05, 4.69) is 19.6 Å². The molecule has 0 N–H and O–H groups in total. The standard InChI is InChI=1S/C109H196N4/c1-2-17-33-65-93(66-34-18-3-1)112(94-67-41-25-10-11-26-42-68-94)99-74-50-52-82-106-103(87-85-99)104-88-86-100(113(95-69-43-27-12-13-28-44-70-95)96-71-45-29-14-15-30-46-72-96)78-56-84-108(104)109(106)105-81-51-49-73-97(110(90-63-47-31-16-32-48-64-90)89-57-35-19-4-5-20-36-58-89)75-53-79-101(105)102-80-54-76-98(77-55-83-107(102)109)111(91-59-37-21-6-7-22-38-60-91)92-61-39-23-8-9-24-40-62-92/h89-108H,1-88H2. The topological polar surface area (TPSA) is 13.0 Å². The highest BCUT2D eigenvalue weighted by atomic mass is 15.2. The highest BCUT2D eigenvalue weighted by Crippen LogP contribution is 2.76. The smallest absolute Gasteiger partial charge is 0.0101 e. The van der Waals surface area contributed by atoms with Gasteiger partial charge in [-0.25, -0.2) is 0 Å². The monoisotopic (exact) mass is 1560 g/mol. The Morgan fingerprint density at radius 1 is 0.0973 bits per heavy atom. The lowest BCUT2D eigenvalue weighted by Gasteiger charge is -2.51. The Labute approximate surface area is 705 Å². The minimum Gasteiger partial charge on any atom is -0.294 e. The van der Waals surface area contributed by atoms with Gasteiger partial charge in [0.05, 0.1) is 0 Å². The van der Waals surface area contributed by atoms with Crippen LogP contribution >= 0.6 is 0 Å². The molecule has 4 heteroatoms. The molecule has 14 fully saturated rings. The second-order valence-corrected chi connectivity index (χ2v) is 44.8. The van der Waals surface area contributed by atoms with E-state index in [4.69, 9.17) is 0 Å². The average Bonchev–Trinajstić information content (AvgIpc) is 1.52. The fourth-order valence-electron chi connectivity index (χ4n) is 33.1. The number of rotatable bonds is 12. The second-order valence-electron chi connectivity index (χ2n) is 44.8. The molecule has 0 radical (unpaired) electrons. The van der Waals surface area contributed by atoms with Gasteiger partial charge in [0.1, 0.15) is 0 Å². The van der Waals surface area contributed by atoms with Gasteiger partial charge >= 0.3 is 0 Å². The molecule has 14 aliphatic carbocycles. The molecule has 13 atom stereocenters. The van der Waals surface area contributed by atoms with E-state index >= 15 is 0 Å². The molecule has 14 rings (SSSR count). The zero-order valence-corrected chi connectivity index (χ0v) is 76.1. The first-order chi connectivity index (χ1) is 56.2. The molecule has 0 amide bonds. The van der Waals surface area contributed by atoms with E-state index in [0.29, 0.717) is 5.41 Å². The molecule has 14 aliphatic rings. The Balaban J connectivity index is 0.858. The molecule has 14 saturated carbocycles. The molecule has 0 aromatic carbocycles. The molecular weight excluding hydrogens is 1370 g/mol. The summed E-state index contributed by atoms with van der Waals surface area (Å²) in [6.07, 6.45) is 135. The van der Waals surface area contributed by atoms with Crippen LogP contribution in [0, 0.1) is 52.8 Å². The number of hydrogen-bond donors (Lipinski definition) is 0. The Morgan fingerprint density at radius 3 is 0.398 bits per heavy atom. The highest BCUT2D eigenvalue weighted by Gasteiger charge is 2.70. The van der Waals surface area contributed by atoms with Gasteiger partial charge in [0, 0.05) is 72.5 Å². The van der Waals surface area contributed by atoms with Crippen LogP contribution in [0.1, 0.15) is 565 Å². The van der Waals surface area contributed by atoms with Crippen molar-refractivity contribution >= 4 is 0 Å². The molecule has 0 heterocycles. The van der Waals surface area contributed by atoms with E-state index < -0.39 is 0 Å². The van der Waals surface area contributed by atoms with E-state index in [1.807, 2.05) is 0 Å². The highest BCUT2D eigenvalue weighted by molar-refractivity contribution is 5.19. The largest absolute Gasteiger partial charge is 0.294 e. The minimum atomic E-state index is 0.566. The van der Waals surface area contributed by atoms with E-state index in [0.717, 1.165) is 120 Å². The minimum absolute atomic E-state index is 0.566. The predicted molar refractivity (Wildman–Crippen MR) is 489 cm³/mol. The predicted octanol–water partition coefficient (Wildman–Crippen LogP) is 33.1. The maximum atomic E-state index is 3.57. The Bertz CT molecular complexity index is 2350. The van der Waals surface area contributed by atoms with Crippen molar-refractivity contribution in [3.63, 3.8) is 0 Å². The zero-order chi connectivity index (χ0) is 76.6. The van der Waals surface area contributed by atoms with Gasteiger partial charge in [-0.2, -0.15) is 0 Å². The summed E-state index contributed by atoms with van der Waals surface area (Å²) in [5, 5.41) is 0. The molecule has 0 aromatic rings. The fraction of sp³-hybridized carbons (Fsp3) is 1.00. The molecule has 1 spiro atoms. The summed E-state index contributed by atoms with van der Waals surface area (Å²) in [4.78, 5) is 14.1. The quantitative estimate of drug-likeness (QED) is 0.193.